The number of amides is 2. The first-order chi connectivity index (χ1) is 20.8. The summed E-state index contributed by atoms with van der Waals surface area (Å²) >= 11 is 0. The van der Waals surface area contributed by atoms with Gasteiger partial charge in [0.05, 0.1) is 30.2 Å². The van der Waals surface area contributed by atoms with Gasteiger partial charge in [0.1, 0.15) is 22.7 Å². The van der Waals surface area contributed by atoms with Crippen molar-refractivity contribution in [2.24, 2.45) is 5.73 Å². The first-order valence-corrected chi connectivity index (χ1v) is 15.5. The van der Waals surface area contributed by atoms with E-state index in [9.17, 15) is 9.59 Å². The van der Waals surface area contributed by atoms with Crippen LogP contribution in [0.1, 0.15) is 95.9 Å². The molecule has 3 fully saturated rings. The Morgan fingerprint density at radius 1 is 0.932 bits per heavy atom. The molecule has 0 saturated carbocycles. The molecule has 0 bridgehead atoms. The van der Waals surface area contributed by atoms with Crippen molar-refractivity contribution in [3.63, 3.8) is 0 Å². The van der Waals surface area contributed by atoms with E-state index in [1.807, 2.05) is 70.7 Å². The number of benzene rings is 1. The summed E-state index contributed by atoms with van der Waals surface area (Å²) in [6, 6.07) is 8.11. The maximum Gasteiger partial charge on any atom is 0.412 e. The predicted octanol–water partition coefficient (Wildman–Crippen LogP) is 6.51. The molecule has 2 atom stereocenters. The van der Waals surface area contributed by atoms with Crippen molar-refractivity contribution in [3.05, 3.63) is 71.1 Å². The van der Waals surface area contributed by atoms with Gasteiger partial charge in [0.15, 0.2) is 0 Å². The highest BCUT2D eigenvalue weighted by molar-refractivity contribution is 5.71. The fourth-order valence-electron chi connectivity index (χ4n) is 5.95. The molecule has 1 aromatic carbocycles. The Hall–Kier alpha value is -4.21. The third-order valence-electron chi connectivity index (χ3n) is 8.02. The Balaban J connectivity index is 1.18. The van der Waals surface area contributed by atoms with Gasteiger partial charge in [0.2, 0.25) is 0 Å². The van der Waals surface area contributed by atoms with Crippen LogP contribution < -0.4 is 5.73 Å². The average Bonchev–Trinajstić information content (AvgIpc) is 3.36. The van der Waals surface area contributed by atoms with E-state index in [1.165, 1.54) is 0 Å². The van der Waals surface area contributed by atoms with Crippen LogP contribution in [0, 0.1) is 0 Å². The third-order valence-corrected chi connectivity index (χ3v) is 8.02. The normalized spacial score (nSPS) is 22.5. The number of aromatic amines is 1. The molecule has 1 unspecified atom stereocenters. The van der Waals surface area contributed by atoms with Gasteiger partial charge in [-0.2, -0.15) is 0 Å². The largest absolute Gasteiger partial charge is 0.444 e. The zero-order chi connectivity index (χ0) is 31.7. The molecule has 1 spiro atoms. The summed E-state index contributed by atoms with van der Waals surface area (Å²) in [6.45, 7) is 13.4. The molecule has 10 nitrogen and oxygen atoms in total. The SMILES string of the molecule is CC(C)(C)OC(=O)N1CCC[C@H]1c1ncc(/C=C/c2ccc(/C=C/C(=C/N)N3CC34CCCN4C(=O)OC(C)(C)C)cc2)[nH]1. The second-order valence-electron chi connectivity index (χ2n) is 13.8. The molecular formula is C34H46N6O4. The molecule has 2 aromatic rings. The van der Waals surface area contributed by atoms with Crippen molar-refractivity contribution < 1.29 is 19.1 Å². The number of allylic oxidation sites excluding steroid dienone is 1. The molecule has 3 saturated heterocycles. The van der Waals surface area contributed by atoms with Crippen molar-refractivity contribution in [2.75, 3.05) is 19.6 Å². The summed E-state index contributed by atoms with van der Waals surface area (Å²) in [7, 11) is 0. The van der Waals surface area contributed by atoms with Crippen molar-refractivity contribution in [3.8, 4) is 0 Å². The van der Waals surface area contributed by atoms with Crippen molar-refractivity contribution >= 4 is 30.4 Å². The van der Waals surface area contributed by atoms with E-state index in [2.05, 4.69) is 39.1 Å². The van der Waals surface area contributed by atoms with Crippen LogP contribution >= 0.6 is 0 Å². The number of likely N-dealkylation sites (tertiary alicyclic amines) is 2. The van der Waals surface area contributed by atoms with E-state index in [0.717, 1.165) is 60.6 Å². The number of carbonyl (C=O) groups is 2. The van der Waals surface area contributed by atoms with E-state index in [4.69, 9.17) is 15.2 Å². The van der Waals surface area contributed by atoms with Crippen LogP contribution in [-0.4, -0.2) is 73.4 Å². The topological polar surface area (TPSA) is 117 Å². The van der Waals surface area contributed by atoms with Gasteiger partial charge in [-0.05, 0) is 90.5 Å². The summed E-state index contributed by atoms with van der Waals surface area (Å²) in [5, 5.41) is 0. The van der Waals surface area contributed by atoms with E-state index >= 15 is 0 Å². The van der Waals surface area contributed by atoms with Gasteiger partial charge < -0.3 is 25.1 Å². The number of nitrogens with one attached hydrogen (secondary N) is 1. The molecule has 5 rings (SSSR count). The molecule has 0 aliphatic carbocycles. The van der Waals surface area contributed by atoms with Crippen LogP contribution in [-0.2, 0) is 9.47 Å². The van der Waals surface area contributed by atoms with Crippen LogP contribution in [0.4, 0.5) is 9.59 Å². The Kier molecular flexibility index (Phi) is 8.55. The number of H-pyrrole nitrogens is 1. The Morgan fingerprint density at radius 2 is 1.59 bits per heavy atom. The summed E-state index contributed by atoms with van der Waals surface area (Å²) < 4.78 is 11.3. The minimum atomic E-state index is -0.533. The molecule has 10 heteroatoms. The summed E-state index contributed by atoms with van der Waals surface area (Å²) in [5.74, 6) is 0.775. The highest BCUT2D eigenvalue weighted by atomic mass is 16.6. The summed E-state index contributed by atoms with van der Waals surface area (Å²) in [5.41, 5.74) is 8.46. The lowest BCUT2D eigenvalue weighted by atomic mass is 10.1. The first kappa shape index (κ1) is 31.2. The smallest absolute Gasteiger partial charge is 0.412 e. The first-order valence-electron chi connectivity index (χ1n) is 15.5. The third kappa shape index (κ3) is 7.11. The number of hydrogen-bond donors (Lipinski definition) is 2. The van der Waals surface area contributed by atoms with E-state index < -0.39 is 11.2 Å². The standard InChI is InChI=1S/C34H46N6O4/c1-32(2,3)43-30(41)38-19-7-9-28(38)29-36-22-26(37-29)16-14-24-10-12-25(13-11-24)15-17-27(21-35)40-23-34(40)18-8-20-39(34)31(42)44-33(4,5)6/h10-17,21-22,28H,7-9,18-20,23,35H2,1-6H3,(H,36,37)/b16-14+,17-15+,27-21-/t28-,34?,40?/m0/s1. The van der Waals surface area contributed by atoms with Gasteiger partial charge in [-0.3, -0.25) is 9.80 Å². The lowest BCUT2D eigenvalue weighted by Gasteiger charge is -2.29. The van der Waals surface area contributed by atoms with Gasteiger partial charge in [0, 0.05) is 19.3 Å². The van der Waals surface area contributed by atoms with Crippen molar-refractivity contribution in [2.45, 2.75) is 90.1 Å². The number of nitrogens with two attached hydrogens (primary N) is 1. The monoisotopic (exact) mass is 602 g/mol. The minimum absolute atomic E-state index is 0.110. The van der Waals surface area contributed by atoms with Gasteiger partial charge in [-0.25, -0.2) is 14.6 Å². The summed E-state index contributed by atoms with van der Waals surface area (Å²) in [4.78, 5) is 39.2. The lowest BCUT2D eigenvalue weighted by molar-refractivity contribution is 0.0160. The number of imidazole rings is 1. The van der Waals surface area contributed by atoms with Gasteiger partial charge in [0.25, 0.3) is 0 Å². The van der Waals surface area contributed by atoms with Gasteiger partial charge >= 0.3 is 12.2 Å². The number of nitrogens with zero attached hydrogens (tertiary/aromatic N) is 4. The quantitative estimate of drug-likeness (QED) is 0.286. The lowest BCUT2D eigenvalue weighted by Crippen LogP contribution is -2.43. The predicted molar refractivity (Wildman–Crippen MR) is 172 cm³/mol. The summed E-state index contributed by atoms with van der Waals surface area (Å²) in [6.07, 6.45) is 14.5. The van der Waals surface area contributed by atoms with Crippen LogP contribution in [0.5, 0.6) is 0 Å². The van der Waals surface area contributed by atoms with Gasteiger partial charge in [-0.1, -0.05) is 36.4 Å². The van der Waals surface area contributed by atoms with Crippen molar-refractivity contribution in [1.29, 1.82) is 0 Å². The highest BCUT2D eigenvalue weighted by Gasteiger charge is 2.61. The maximum atomic E-state index is 12.8. The number of ether oxygens (including phenoxy) is 2. The van der Waals surface area contributed by atoms with Crippen molar-refractivity contribution in [1.82, 2.24) is 24.7 Å². The second-order valence-corrected chi connectivity index (χ2v) is 13.8. The fourth-order valence-corrected chi connectivity index (χ4v) is 5.95. The highest BCUT2D eigenvalue weighted by Crippen LogP contribution is 2.48. The number of rotatable bonds is 6. The van der Waals surface area contributed by atoms with E-state index in [-0.39, 0.29) is 23.9 Å². The minimum Gasteiger partial charge on any atom is -0.444 e. The van der Waals surface area contributed by atoms with Crippen LogP contribution in [0.15, 0.2) is 48.4 Å². The van der Waals surface area contributed by atoms with E-state index in [1.54, 1.807) is 17.3 Å². The average molecular weight is 603 g/mol. The number of aromatic nitrogens is 2. The maximum absolute atomic E-state index is 12.8. The molecule has 3 N–H and O–H groups in total. The molecule has 1 aromatic heterocycles. The zero-order valence-corrected chi connectivity index (χ0v) is 26.8. The molecule has 3 aliphatic rings. The Bertz CT molecular complexity index is 1450. The number of hydrogen-bond acceptors (Lipinski definition) is 7. The second kappa shape index (κ2) is 12.1. The molecule has 3 aliphatic heterocycles. The zero-order valence-electron chi connectivity index (χ0n) is 26.8. The van der Waals surface area contributed by atoms with E-state index in [0.29, 0.717) is 13.1 Å². The molecule has 4 heterocycles. The van der Waals surface area contributed by atoms with Crippen LogP contribution in [0.25, 0.3) is 18.2 Å². The Morgan fingerprint density at radius 3 is 2.25 bits per heavy atom. The molecule has 236 valence electrons. The number of carbonyl (C=O) groups excluding carboxylic acids is 2. The molecule has 2 amide bonds. The Labute approximate surface area is 260 Å². The van der Waals surface area contributed by atoms with Crippen LogP contribution in [0.3, 0.4) is 0 Å². The molecular weight excluding hydrogens is 556 g/mol. The van der Waals surface area contributed by atoms with Gasteiger partial charge in [-0.15, -0.1) is 0 Å². The molecule has 0 radical (unpaired) electrons. The fraction of sp³-hybridized carbons (Fsp3) is 0.500. The molecule has 44 heavy (non-hydrogen) atoms. The van der Waals surface area contributed by atoms with Crippen LogP contribution in [0.2, 0.25) is 0 Å².